The summed E-state index contributed by atoms with van der Waals surface area (Å²) in [6.45, 7) is 1.26. The maximum absolute atomic E-state index is 13.4. The molecule has 38 heteroatoms. The first kappa shape index (κ1) is 73.3. The van der Waals surface area contributed by atoms with Crippen molar-refractivity contribution in [2.75, 3.05) is 32.9 Å². The van der Waals surface area contributed by atoms with Crippen LogP contribution in [0.15, 0.2) is 0 Å². The van der Waals surface area contributed by atoms with Crippen molar-refractivity contribution in [3.63, 3.8) is 0 Å². The molecular formula is C46H73N13O25. The fourth-order valence-electron chi connectivity index (χ4n) is 7.37. The maximum Gasteiger partial charge on any atom is 0.328 e. The number of likely N-dealkylation sites (tertiary alicyclic amines) is 1. The van der Waals surface area contributed by atoms with Crippen molar-refractivity contribution < 1.29 is 123 Å². The van der Waals surface area contributed by atoms with E-state index in [1.807, 2.05) is 16.0 Å². The summed E-state index contributed by atoms with van der Waals surface area (Å²) in [6.07, 6.45) is -6.52. The third-order valence-corrected chi connectivity index (χ3v) is 12.1. The quantitative estimate of drug-likeness (QED) is 0.0277. The highest BCUT2D eigenvalue weighted by atomic mass is 16.4. The van der Waals surface area contributed by atoms with E-state index in [0.29, 0.717) is 0 Å². The van der Waals surface area contributed by atoms with E-state index in [2.05, 4.69) is 42.5 Å². The summed E-state index contributed by atoms with van der Waals surface area (Å²) in [6, 6.07) is -20.6. The van der Waals surface area contributed by atoms with Gasteiger partial charge in [-0.2, -0.15) is 0 Å². The van der Waals surface area contributed by atoms with Gasteiger partial charge in [-0.15, -0.1) is 0 Å². The van der Waals surface area contributed by atoms with Crippen LogP contribution in [0, 0.1) is 0 Å². The summed E-state index contributed by atoms with van der Waals surface area (Å²) in [5.74, 6) is -20.1. The van der Waals surface area contributed by atoms with Gasteiger partial charge in [-0.05, 0) is 53.9 Å². The molecule has 1 rings (SSSR count). The number of aliphatic hydroxyl groups is 5. The van der Waals surface area contributed by atoms with Crippen molar-refractivity contribution in [3.8, 4) is 0 Å². The smallest absolute Gasteiger partial charge is 0.328 e. The summed E-state index contributed by atoms with van der Waals surface area (Å²) in [5, 5.41) is 109. The number of carboxylic acids is 4. The number of aliphatic hydroxyl groups excluding tert-OH is 5. The zero-order valence-corrected chi connectivity index (χ0v) is 45.9. The molecule has 0 radical (unpaired) electrons. The number of amides is 12. The van der Waals surface area contributed by atoms with E-state index < -0.39 is 232 Å². The fourth-order valence-corrected chi connectivity index (χ4v) is 7.37. The molecule has 0 aromatic rings. The van der Waals surface area contributed by atoms with Gasteiger partial charge in [0, 0.05) is 13.0 Å². The topological polar surface area (TPSA) is 617 Å². The Morgan fingerprint density at radius 1 is 0.464 bits per heavy atom. The highest BCUT2D eigenvalue weighted by Gasteiger charge is 2.39. The van der Waals surface area contributed by atoms with Gasteiger partial charge in [0.2, 0.25) is 70.9 Å². The first-order chi connectivity index (χ1) is 39.1. The Hall–Kier alpha value is -8.72. The number of carbonyl (C=O) groups is 16. The van der Waals surface area contributed by atoms with Crippen molar-refractivity contribution in [2.24, 2.45) is 5.73 Å². The molecule has 1 saturated heterocycles. The van der Waals surface area contributed by atoms with Gasteiger partial charge in [-0.25, -0.2) is 4.79 Å². The molecule has 0 aromatic carbocycles. The van der Waals surface area contributed by atoms with Crippen LogP contribution in [0.25, 0.3) is 0 Å². The Kier molecular flexibility index (Phi) is 30.8. The molecule has 472 valence electrons. The lowest BCUT2D eigenvalue weighted by Gasteiger charge is -2.27. The van der Waals surface area contributed by atoms with Crippen molar-refractivity contribution in [3.05, 3.63) is 0 Å². The van der Waals surface area contributed by atoms with Crippen LogP contribution in [0.2, 0.25) is 0 Å². The summed E-state index contributed by atoms with van der Waals surface area (Å²) >= 11 is 0. The number of nitrogens with zero attached hydrogens (tertiary/aromatic N) is 1. The minimum atomic E-state index is -2.00. The largest absolute Gasteiger partial charge is 0.481 e. The van der Waals surface area contributed by atoms with Crippen LogP contribution in [0.3, 0.4) is 0 Å². The molecule has 38 nitrogen and oxygen atoms in total. The van der Waals surface area contributed by atoms with Gasteiger partial charge >= 0.3 is 23.9 Å². The van der Waals surface area contributed by atoms with E-state index in [-0.39, 0.29) is 19.4 Å². The fraction of sp³-hybridized carbons (Fsp3) is 0.652. The number of nitrogens with one attached hydrogen (secondary N) is 11. The molecule has 1 fully saturated rings. The predicted molar refractivity (Wildman–Crippen MR) is 276 cm³/mol. The Bertz CT molecular complexity index is 2450. The van der Waals surface area contributed by atoms with Gasteiger partial charge in [-0.3, -0.25) is 71.9 Å². The zero-order chi connectivity index (χ0) is 64.5. The highest BCUT2D eigenvalue weighted by Crippen LogP contribution is 2.18. The third-order valence-electron chi connectivity index (χ3n) is 12.1. The van der Waals surface area contributed by atoms with Gasteiger partial charge in [0.05, 0.1) is 57.5 Å². The molecule has 0 bridgehead atoms. The number of hydrogen-bond donors (Lipinski definition) is 21. The zero-order valence-electron chi connectivity index (χ0n) is 45.9. The Balaban J connectivity index is 3.01. The lowest BCUT2D eigenvalue weighted by molar-refractivity contribution is -0.144. The lowest BCUT2D eigenvalue weighted by Crippen LogP contribution is -2.62. The van der Waals surface area contributed by atoms with Gasteiger partial charge in [0.1, 0.15) is 66.5 Å². The van der Waals surface area contributed by atoms with E-state index >= 15 is 0 Å². The first-order valence-corrected chi connectivity index (χ1v) is 25.5. The van der Waals surface area contributed by atoms with Crippen LogP contribution in [-0.4, -0.2) is 263 Å². The second-order valence-electron chi connectivity index (χ2n) is 19.0. The molecule has 22 N–H and O–H groups in total. The molecule has 0 spiro atoms. The first-order valence-electron chi connectivity index (χ1n) is 25.5. The Morgan fingerprint density at radius 2 is 0.869 bits per heavy atom. The molecule has 84 heavy (non-hydrogen) atoms. The lowest BCUT2D eigenvalue weighted by atomic mass is 10.1. The standard InChI is InChI=1S/C46H73N13O25/c1-17(35(72)49-18(2)36(73)57-33(20(4)63)44(81)48-13-29(65)59-10-6-7-28(59)43(80)54-25(14-60)42(79)56-27(16-62)46(83)84)50-39(76)23(8-9-30(66)67)52-41(78)26(15-61)55-45(82)34(21(5)64)58-37(74)19(3)51-40(77)24(12-32(70)71)53-38(75)22(47)11-31(68)69/h17-28,33-34,60-64H,6-16,47H2,1-5H3,(H,48,81)(H,49,72)(H,50,76)(H,51,77)(H,52,78)(H,53,75)(H,54,80)(H,55,82)(H,56,79)(H,57,73)(H,58,74)(H,66,67)(H,68,69)(H,70,71)(H,83,84)/t17-,18-,19-,20+,21+,22-,23-,24-,25-,26-,27-,28-,33-,34-/m0/s1. The molecule has 1 aliphatic rings. The van der Waals surface area contributed by atoms with Gasteiger partial charge in [0.15, 0.2) is 0 Å². The number of carbonyl (C=O) groups excluding carboxylic acids is 12. The van der Waals surface area contributed by atoms with Crippen LogP contribution >= 0.6 is 0 Å². The number of aliphatic carboxylic acids is 4. The average Bonchev–Trinajstić information content (AvgIpc) is 4.10. The van der Waals surface area contributed by atoms with Crippen LogP contribution in [-0.2, 0) is 76.7 Å². The van der Waals surface area contributed by atoms with Gasteiger partial charge < -0.3 is 115 Å². The summed E-state index contributed by atoms with van der Waals surface area (Å²) in [4.78, 5) is 203. The van der Waals surface area contributed by atoms with Crippen LogP contribution in [0.5, 0.6) is 0 Å². The third kappa shape index (κ3) is 24.4. The van der Waals surface area contributed by atoms with Crippen LogP contribution in [0.1, 0.15) is 73.1 Å². The number of nitrogens with two attached hydrogens (primary N) is 1. The highest BCUT2D eigenvalue weighted by molar-refractivity contribution is 6.00. The summed E-state index contributed by atoms with van der Waals surface area (Å²) in [7, 11) is 0. The normalized spacial score (nSPS) is 17.4. The Morgan fingerprint density at radius 3 is 1.32 bits per heavy atom. The molecule has 14 atom stereocenters. The average molecular weight is 1210 g/mol. The van der Waals surface area contributed by atoms with Crippen molar-refractivity contribution in [1.29, 1.82) is 0 Å². The monoisotopic (exact) mass is 1210 g/mol. The van der Waals surface area contributed by atoms with Gasteiger partial charge in [0.25, 0.3) is 0 Å². The maximum atomic E-state index is 13.4. The van der Waals surface area contributed by atoms with E-state index in [1.54, 1.807) is 0 Å². The molecule has 1 heterocycles. The molecule has 12 amide bonds. The van der Waals surface area contributed by atoms with Crippen LogP contribution in [0.4, 0.5) is 0 Å². The number of rotatable bonds is 36. The van der Waals surface area contributed by atoms with E-state index in [9.17, 15) is 112 Å². The second-order valence-corrected chi connectivity index (χ2v) is 19.0. The minimum Gasteiger partial charge on any atom is -0.481 e. The van der Waals surface area contributed by atoms with Crippen molar-refractivity contribution in [2.45, 2.75) is 158 Å². The SMILES string of the molecule is C[C@H](NC(=O)[C@H](C)NC(=O)[C@H](CCC(=O)O)NC(=O)[C@H](CO)NC(=O)[C@@H](NC(=O)[C@H](C)NC(=O)[C@H](CC(=O)O)NC(=O)[C@@H](N)CC(=O)O)[C@@H](C)O)C(=O)N[C@H](C(=O)NCC(=O)N1CCC[C@H]1C(=O)N[C@@H](CO)C(=O)N[C@@H](CO)C(=O)O)[C@@H](C)O. The van der Waals surface area contributed by atoms with Crippen molar-refractivity contribution in [1.82, 2.24) is 63.4 Å². The molecule has 0 aromatic heterocycles. The Labute approximate surface area is 476 Å². The molecule has 0 saturated carbocycles. The molecule has 1 aliphatic heterocycles. The number of hydrogen-bond acceptors (Lipinski definition) is 22. The summed E-state index contributed by atoms with van der Waals surface area (Å²) in [5.41, 5.74) is 5.46. The molecule has 0 aliphatic carbocycles. The predicted octanol–water partition coefficient (Wildman–Crippen LogP) is -12.0. The van der Waals surface area contributed by atoms with E-state index in [0.717, 1.165) is 39.5 Å². The van der Waals surface area contributed by atoms with Crippen LogP contribution < -0.4 is 64.2 Å². The minimum absolute atomic E-state index is 0.0126. The van der Waals surface area contributed by atoms with E-state index in [1.165, 1.54) is 0 Å². The van der Waals surface area contributed by atoms with Crippen molar-refractivity contribution >= 4 is 94.8 Å². The van der Waals surface area contributed by atoms with E-state index in [4.69, 9.17) is 15.9 Å². The van der Waals surface area contributed by atoms with Gasteiger partial charge in [-0.1, -0.05) is 0 Å². The molecule has 0 unspecified atom stereocenters. The number of carboxylic acid groups (broad SMARTS) is 4. The summed E-state index contributed by atoms with van der Waals surface area (Å²) < 4.78 is 0. The second kappa shape index (κ2) is 35.3. The molecular weight excluding hydrogens is 1130 g/mol.